The quantitative estimate of drug-likeness (QED) is 0.902. The fraction of sp³-hybridized carbons (Fsp3) is 0.533. The number of hydrogen-bond acceptors (Lipinski definition) is 4. The number of nitrogens with one attached hydrogen (secondary N) is 1. The van der Waals surface area contributed by atoms with Gasteiger partial charge in [-0.25, -0.2) is 0 Å². The normalized spacial score (nSPS) is 18.6. The summed E-state index contributed by atoms with van der Waals surface area (Å²) in [5.41, 5.74) is 3.04. The van der Waals surface area contributed by atoms with Gasteiger partial charge in [0.25, 0.3) is 0 Å². The Morgan fingerprint density at radius 1 is 1.35 bits per heavy atom. The zero-order chi connectivity index (χ0) is 13.8. The van der Waals surface area contributed by atoms with Crippen molar-refractivity contribution in [3.8, 4) is 11.4 Å². The van der Waals surface area contributed by atoms with Crippen molar-refractivity contribution in [1.29, 1.82) is 0 Å². The minimum absolute atomic E-state index is 0.709. The van der Waals surface area contributed by atoms with E-state index in [1.807, 2.05) is 29.3 Å². The monoisotopic (exact) mass is 271 g/mol. The van der Waals surface area contributed by atoms with E-state index in [0.29, 0.717) is 5.92 Å². The third-order valence-electron chi connectivity index (χ3n) is 3.78. The van der Waals surface area contributed by atoms with Gasteiger partial charge in [0.1, 0.15) is 5.69 Å². The summed E-state index contributed by atoms with van der Waals surface area (Å²) in [6, 6.07) is 2.00. The van der Waals surface area contributed by atoms with Crippen LogP contribution >= 0.6 is 0 Å². The molecule has 0 bridgehead atoms. The van der Waals surface area contributed by atoms with Gasteiger partial charge in [-0.1, -0.05) is 6.92 Å². The molecule has 2 aromatic heterocycles. The molecular formula is C15H21N5. The first kappa shape index (κ1) is 13.2. The molecule has 106 valence electrons. The Kier molecular flexibility index (Phi) is 4.06. The first-order valence-electron chi connectivity index (χ1n) is 7.40. The number of rotatable bonds is 5. The highest BCUT2D eigenvalue weighted by Gasteiger charge is 2.16. The van der Waals surface area contributed by atoms with Crippen molar-refractivity contribution >= 4 is 0 Å². The van der Waals surface area contributed by atoms with E-state index in [0.717, 1.165) is 49.6 Å². The third-order valence-corrected chi connectivity index (χ3v) is 3.78. The molecule has 0 amide bonds. The summed E-state index contributed by atoms with van der Waals surface area (Å²) in [5, 5.41) is 7.72. The van der Waals surface area contributed by atoms with Gasteiger partial charge in [0.15, 0.2) is 0 Å². The van der Waals surface area contributed by atoms with Crippen molar-refractivity contribution in [2.24, 2.45) is 5.92 Å². The van der Waals surface area contributed by atoms with Crippen molar-refractivity contribution in [2.75, 3.05) is 13.1 Å². The predicted molar refractivity (Wildman–Crippen MR) is 78.2 cm³/mol. The molecule has 3 rings (SSSR count). The van der Waals surface area contributed by atoms with Gasteiger partial charge in [-0.05, 0) is 44.3 Å². The zero-order valence-electron chi connectivity index (χ0n) is 11.9. The summed E-state index contributed by atoms with van der Waals surface area (Å²) in [5.74, 6) is 0.709. The van der Waals surface area contributed by atoms with Gasteiger partial charge in [-0.2, -0.15) is 5.10 Å². The lowest BCUT2D eigenvalue weighted by atomic mass is 10.0. The molecule has 20 heavy (non-hydrogen) atoms. The SMILES string of the molecule is CCCn1nccc1-c1cnc(C[C@@H]2CCNC2)cn1. The Bertz CT molecular complexity index is 540. The molecule has 2 aromatic rings. The van der Waals surface area contributed by atoms with Gasteiger partial charge >= 0.3 is 0 Å². The predicted octanol–water partition coefficient (Wildman–Crippen LogP) is 1.90. The molecule has 1 aliphatic heterocycles. The zero-order valence-corrected chi connectivity index (χ0v) is 11.9. The summed E-state index contributed by atoms with van der Waals surface area (Å²) in [7, 11) is 0. The van der Waals surface area contributed by atoms with Crippen LogP contribution in [0.1, 0.15) is 25.5 Å². The lowest BCUT2D eigenvalue weighted by Crippen LogP contribution is -2.11. The van der Waals surface area contributed by atoms with Gasteiger partial charge in [0.05, 0.1) is 17.6 Å². The summed E-state index contributed by atoms with van der Waals surface area (Å²) < 4.78 is 1.99. The second-order valence-corrected chi connectivity index (χ2v) is 5.40. The smallest absolute Gasteiger partial charge is 0.107 e. The molecule has 1 atom stereocenters. The highest BCUT2D eigenvalue weighted by atomic mass is 15.3. The Morgan fingerprint density at radius 3 is 3.00 bits per heavy atom. The van der Waals surface area contributed by atoms with Crippen LogP contribution in [0.2, 0.25) is 0 Å². The first-order valence-corrected chi connectivity index (χ1v) is 7.40. The molecule has 1 N–H and O–H groups in total. The van der Waals surface area contributed by atoms with Crippen LogP contribution in [0.4, 0.5) is 0 Å². The fourth-order valence-electron chi connectivity index (χ4n) is 2.72. The molecule has 1 aliphatic rings. The maximum absolute atomic E-state index is 4.57. The van der Waals surface area contributed by atoms with E-state index in [2.05, 4.69) is 27.3 Å². The largest absolute Gasteiger partial charge is 0.316 e. The lowest BCUT2D eigenvalue weighted by molar-refractivity contribution is 0.570. The topological polar surface area (TPSA) is 55.6 Å². The fourth-order valence-corrected chi connectivity index (χ4v) is 2.72. The van der Waals surface area contributed by atoms with Crippen LogP contribution < -0.4 is 5.32 Å². The highest BCUT2D eigenvalue weighted by molar-refractivity contribution is 5.52. The molecule has 0 radical (unpaired) electrons. The van der Waals surface area contributed by atoms with Crippen LogP contribution in [0.3, 0.4) is 0 Å². The number of aryl methyl sites for hydroxylation is 1. The van der Waals surface area contributed by atoms with Crippen LogP contribution in [0.25, 0.3) is 11.4 Å². The molecule has 5 nitrogen and oxygen atoms in total. The van der Waals surface area contributed by atoms with E-state index < -0.39 is 0 Å². The number of hydrogen-bond donors (Lipinski definition) is 1. The average Bonchev–Trinajstić information content (AvgIpc) is 3.12. The summed E-state index contributed by atoms with van der Waals surface area (Å²) in [4.78, 5) is 9.13. The Morgan fingerprint density at radius 2 is 2.30 bits per heavy atom. The second-order valence-electron chi connectivity index (χ2n) is 5.40. The minimum atomic E-state index is 0.709. The number of aromatic nitrogens is 4. The van der Waals surface area contributed by atoms with E-state index in [1.54, 1.807) is 0 Å². The Hall–Kier alpha value is -1.75. The van der Waals surface area contributed by atoms with Crippen molar-refractivity contribution < 1.29 is 0 Å². The van der Waals surface area contributed by atoms with Crippen LogP contribution in [-0.2, 0) is 13.0 Å². The van der Waals surface area contributed by atoms with Gasteiger partial charge in [0, 0.05) is 18.9 Å². The third kappa shape index (κ3) is 2.88. The van der Waals surface area contributed by atoms with E-state index in [4.69, 9.17) is 0 Å². The van der Waals surface area contributed by atoms with Gasteiger partial charge < -0.3 is 5.32 Å². The van der Waals surface area contributed by atoms with Crippen molar-refractivity contribution in [2.45, 2.75) is 32.7 Å². The molecule has 0 spiro atoms. The minimum Gasteiger partial charge on any atom is -0.316 e. The van der Waals surface area contributed by atoms with Crippen LogP contribution in [0, 0.1) is 5.92 Å². The van der Waals surface area contributed by atoms with Crippen molar-refractivity contribution in [3.05, 3.63) is 30.4 Å². The van der Waals surface area contributed by atoms with Gasteiger partial charge in [-0.3, -0.25) is 14.6 Å². The molecule has 0 saturated carbocycles. The standard InChI is InChI=1S/C15H21N5/c1-2-7-20-15(4-6-19-20)14-11-17-13(10-18-14)8-12-3-5-16-9-12/h4,6,10-12,16H,2-3,5,7-9H2,1H3/t12-/m0/s1. The van der Waals surface area contributed by atoms with E-state index in [1.165, 1.54) is 6.42 Å². The maximum Gasteiger partial charge on any atom is 0.107 e. The second kappa shape index (κ2) is 6.13. The average molecular weight is 271 g/mol. The summed E-state index contributed by atoms with van der Waals surface area (Å²) in [6.45, 7) is 5.30. The Labute approximate surface area is 119 Å². The molecule has 1 saturated heterocycles. The van der Waals surface area contributed by atoms with Crippen molar-refractivity contribution in [3.63, 3.8) is 0 Å². The first-order chi connectivity index (χ1) is 9.86. The molecule has 0 aromatic carbocycles. The molecule has 5 heteroatoms. The maximum atomic E-state index is 4.57. The van der Waals surface area contributed by atoms with Crippen molar-refractivity contribution in [1.82, 2.24) is 25.1 Å². The molecule has 1 fully saturated rings. The molecular weight excluding hydrogens is 250 g/mol. The van der Waals surface area contributed by atoms with Crippen LogP contribution in [-0.4, -0.2) is 32.8 Å². The molecule has 0 aliphatic carbocycles. The summed E-state index contributed by atoms with van der Waals surface area (Å²) in [6.07, 6.45) is 8.94. The van der Waals surface area contributed by atoms with E-state index >= 15 is 0 Å². The highest BCUT2D eigenvalue weighted by Crippen LogP contribution is 2.17. The lowest BCUT2D eigenvalue weighted by Gasteiger charge is -2.08. The molecule has 0 unspecified atom stereocenters. The van der Waals surface area contributed by atoms with E-state index in [-0.39, 0.29) is 0 Å². The Balaban J connectivity index is 1.73. The summed E-state index contributed by atoms with van der Waals surface area (Å²) >= 11 is 0. The van der Waals surface area contributed by atoms with Crippen LogP contribution in [0.15, 0.2) is 24.7 Å². The van der Waals surface area contributed by atoms with Crippen LogP contribution in [0.5, 0.6) is 0 Å². The molecule has 3 heterocycles. The van der Waals surface area contributed by atoms with Gasteiger partial charge in [0.2, 0.25) is 0 Å². The van der Waals surface area contributed by atoms with Gasteiger partial charge in [-0.15, -0.1) is 0 Å². The number of nitrogens with zero attached hydrogens (tertiary/aromatic N) is 4. The van der Waals surface area contributed by atoms with E-state index in [9.17, 15) is 0 Å².